The van der Waals surface area contributed by atoms with E-state index in [1.54, 1.807) is 4.90 Å². The van der Waals surface area contributed by atoms with Gasteiger partial charge in [-0.3, -0.25) is 0 Å². The fraction of sp³-hybridized carbons (Fsp3) is 0.500. The number of aliphatic hydroxyl groups is 1. The predicted octanol–water partition coefficient (Wildman–Crippen LogP) is 2.12. The molecule has 0 saturated carbocycles. The van der Waals surface area contributed by atoms with Crippen LogP contribution in [0.5, 0.6) is 0 Å². The third-order valence-electron chi connectivity index (χ3n) is 3.13. The van der Waals surface area contributed by atoms with Crippen molar-refractivity contribution in [3.63, 3.8) is 0 Å². The van der Waals surface area contributed by atoms with Crippen LogP contribution in [0.3, 0.4) is 0 Å². The minimum atomic E-state index is -0.275. The number of nitrogens with zero attached hydrogens (tertiary/aromatic N) is 1. The zero-order chi connectivity index (χ0) is 13.5. The smallest absolute Gasteiger partial charge is 0.410 e. The first-order valence-corrected chi connectivity index (χ1v) is 7.62. The molecular formula is C14H19NO3S. The van der Waals surface area contributed by atoms with Crippen LogP contribution in [0.1, 0.15) is 12.0 Å². The Bertz CT molecular complexity index is 397. The molecule has 2 rings (SSSR count). The van der Waals surface area contributed by atoms with Crippen molar-refractivity contribution in [1.82, 2.24) is 4.90 Å². The fourth-order valence-corrected chi connectivity index (χ4v) is 3.20. The highest BCUT2D eigenvalue weighted by atomic mass is 32.2. The SMILES string of the molecule is O=C(OCc1ccccc1)N1CCSCC1CCO. The van der Waals surface area contributed by atoms with Crippen LogP contribution < -0.4 is 0 Å². The Hall–Kier alpha value is -1.20. The first kappa shape index (κ1) is 14.2. The molecule has 0 bridgehead atoms. The topological polar surface area (TPSA) is 49.8 Å². The number of rotatable bonds is 4. The maximum Gasteiger partial charge on any atom is 0.410 e. The van der Waals surface area contributed by atoms with E-state index < -0.39 is 0 Å². The van der Waals surface area contributed by atoms with Crippen molar-refractivity contribution in [2.45, 2.75) is 19.1 Å². The first-order valence-electron chi connectivity index (χ1n) is 6.47. The molecule has 4 nitrogen and oxygen atoms in total. The number of hydrogen-bond acceptors (Lipinski definition) is 4. The van der Waals surface area contributed by atoms with E-state index >= 15 is 0 Å². The molecule has 1 atom stereocenters. The molecule has 0 aromatic heterocycles. The van der Waals surface area contributed by atoms with Gasteiger partial charge in [-0.05, 0) is 12.0 Å². The van der Waals surface area contributed by atoms with Crippen molar-refractivity contribution in [3.8, 4) is 0 Å². The lowest BCUT2D eigenvalue weighted by Crippen LogP contribution is -2.46. The third-order valence-corrected chi connectivity index (χ3v) is 4.22. The second kappa shape index (κ2) is 7.40. The Morgan fingerprint density at radius 1 is 1.42 bits per heavy atom. The monoisotopic (exact) mass is 281 g/mol. The second-order valence-corrected chi connectivity index (χ2v) is 5.62. The highest BCUT2D eigenvalue weighted by Gasteiger charge is 2.27. The van der Waals surface area contributed by atoms with Crippen LogP contribution >= 0.6 is 11.8 Å². The summed E-state index contributed by atoms with van der Waals surface area (Å²) in [5.74, 6) is 1.81. The lowest BCUT2D eigenvalue weighted by molar-refractivity contribution is 0.0799. The van der Waals surface area contributed by atoms with Gasteiger partial charge in [0, 0.05) is 30.7 Å². The molecule has 19 heavy (non-hydrogen) atoms. The third kappa shape index (κ3) is 4.14. The van der Waals surface area contributed by atoms with Gasteiger partial charge in [-0.15, -0.1) is 0 Å². The average Bonchev–Trinajstić information content (AvgIpc) is 2.47. The molecule has 5 heteroatoms. The van der Waals surface area contributed by atoms with Crippen molar-refractivity contribution in [2.24, 2.45) is 0 Å². The van der Waals surface area contributed by atoms with Gasteiger partial charge in [0.2, 0.25) is 0 Å². The van der Waals surface area contributed by atoms with Gasteiger partial charge in [-0.2, -0.15) is 11.8 Å². The Labute approximate surface area is 117 Å². The molecule has 1 saturated heterocycles. The van der Waals surface area contributed by atoms with Crippen LogP contribution in [-0.2, 0) is 11.3 Å². The van der Waals surface area contributed by atoms with Crippen molar-refractivity contribution >= 4 is 17.9 Å². The standard InChI is InChI=1S/C14H19NO3S/c16-8-6-13-11-19-9-7-15(13)14(17)18-10-12-4-2-1-3-5-12/h1-5,13,16H,6-11H2. The van der Waals surface area contributed by atoms with E-state index in [9.17, 15) is 4.79 Å². The number of amides is 1. The Morgan fingerprint density at radius 3 is 2.95 bits per heavy atom. The first-order chi connectivity index (χ1) is 9.31. The number of ether oxygens (including phenoxy) is 1. The normalized spacial score (nSPS) is 19.2. The second-order valence-electron chi connectivity index (χ2n) is 4.47. The average molecular weight is 281 g/mol. The Balaban J connectivity index is 1.87. The molecule has 1 unspecified atom stereocenters. The number of aliphatic hydroxyl groups excluding tert-OH is 1. The van der Waals surface area contributed by atoms with Crippen molar-refractivity contribution < 1.29 is 14.6 Å². The zero-order valence-electron chi connectivity index (χ0n) is 10.8. The molecule has 0 aliphatic carbocycles. The highest BCUT2D eigenvalue weighted by molar-refractivity contribution is 7.99. The maximum absolute atomic E-state index is 12.1. The Morgan fingerprint density at radius 2 is 2.21 bits per heavy atom. The Kier molecular flexibility index (Phi) is 5.54. The largest absolute Gasteiger partial charge is 0.445 e. The van der Waals surface area contributed by atoms with E-state index in [0.29, 0.717) is 19.6 Å². The molecule has 1 heterocycles. The molecule has 0 radical (unpaired) electrons. The lowest BCUT2D eigenvalue weighted by atomic mass is 10.2. The van der Waals surface area contributed by atoms with E-state index in [0.717, 1.165) is 17.1 Å². The maximum atomic E-state index is 12.1. The zero-order valence-corrected chi connectivity index (χ0v) is 11.6. The summed E-state index contributed by atoms with van der Waals surface area (Å²) in [4.78, 5) is 13.8. The molecule has 1 N–H and O–H groups in total. The lowest BCUT2D eigenvalue weighted by Gasteiger charge is -2.34. The van der Waals surface area contributed by atoms with Crippen LogP contribution in [0.25, 0.3) is 0 Å². The van der Waals surface area contributed by atoms with Crippen LogP contribution in [-0.4, -0.2) is 46.8 Å². The number of carbonyl (C=O) groups excluding carboxylic acids is 1. The van der Waals surface area contributed by atoms with E-state index in [1.807, 2.05) is 42.1 Å². The summed E-state index contributed by atoms with van der Waals surface area (Å²) < 4.78 is 5.34. The molecule has 1 amide bonds. The van der Waals surface area contributed by atoms with Crippen LogP contribution in [0.2, 0.25) is 0 Å². The summed E-state index contributed by atoms with van der Waals surface area (Å²) in [5.41, 5.74) is 0.987. The van der Waals surface area contributed by atoms with E-state index in [-0.39, 0.29) is 18.7 Å². The summed E-state index contributed by atoms with van der Waals surface area (Å²) >= 11 is 1.82. The van der Waals surface area contributed by atoms with Gasteiger partial charge in [-0.1, -0.05) is 30.3 Å². The van der Waals surface area contributed by atoms with E-state index in [1.165, 1.54) is 0 Å². The minimum Gasteiger partial charge on any atom is -0.445 e. The number of carbonyl (C=O) groups is 1. The van der Waals surface area contributed by atoms with Crippen LogP contribution in [0, 0.1) is 0 Å². The molecule has 1 aliphatic heterocycles. The van der Waals surface area contributed by atoms with Gasteiger partial charge in [0.25, 0.3) is 0 Å². The van der Waals surface area contributed by atoms with E-state index in [2.05, 4.69) is 0 Å². The predicted molar refractivity (Wildman–Crippen MR) is 76.1 cm³/mol. The van der Waals surface area contributed by atoms with Crippen LogP contribution in [0.15, 0.2) is 30.3 Å². The van der Waals surface area contributed by atoms with Gasteiger partial charge < -0.3 is 14.7 Å². The number of hydrogen-bond donors (Lipinski definition) is 1. The number of benzene rings is 1. The van der Waals surface area contributed by atoms with Gasteiger partial charge in [0.1, 0.15) is 6.61 Å². The molecule has 1 aliphatic rings. The molecule has 0 spiro atoms. The van der Waals surface area contributed by atoms with Gasteiger partial charge in [0.05, 0.1) is 0 Å². The van der Waals surface area contributed by atoms with Gasteiger partial charge in [0.15, 0.2) is 0 Å². The van der Waals surface area contributed by atoms with Gasteiger partial charge >= 0.3 is 6.09 Å². The quantitative estimate of drug-likeness (QED) is 0.918. The molecular weight excluding hydrogens is 262 g/mol. The summed E-state index contributed by atoms with van der Waals surface area (Å²) in [6, 6.07) is 9.75. The van der Waals surface area contributed by atoms with Crippen molar-refractivity contribution in [3.05, 3.63) is 35.9 Å². The summed E-state index contributed by atoms with van der Waals surface area (Å²) in [7, 11) is 0. The summed E-state index contributed by atoms with van der Waals surface area (Å²) in [6.07, 6.45) is 0.343. The van der Waals surface area contributed by atoms with Gasteiger partial charge in [-0.25, -0.2) is 4.79 Å². The molecule has 1 fully saturated rings. The van der Waals surface area contributed by atoms with E-state index in [4.69, 9.17) is 9.84 Å². The summed E-state index contributed by atoms with van der Waals surface area (Å²) in [6.45, 7) is 1.10. The molecule has 104 valence electrons. The molecule has 1 aromatic rings. The van der Waals surface area contributed by atoms with Crippen molar-refractivity contribution in [2.75, 3.05) is 24.7 Å². The highest BCUT2D eigenvalue weighted by Crippen LogP contribution is 2.20. The van der Waals surface area contributed by atoms with Crippen molar-refractivity contribution in [1.29, 1.82) is 0 Å². The molecule has 1 aromatic carbocycles. The van der Waals surface area contributed by atoms with Crippen LogP contribution in [0.4, 0.5) is 4.79 Å². The fourth-order valence-electron chi connectivity index (χ4n) is 2.09. The number of thioether (sulfide) groups is 1. The summed E-state index contributed by atoms with van der Waals surface area (Å²) in [5, 5.41) is 9.04. The minimum absolute atomic E-state index is 0.0898.